The fraction of sp³-hybridized carbons (Fsp3) is 0.462. The Morgan fingerprint density at radius 3 is 2.30 bits per heavy atom. The van der Waals surface area contributed by atoms with Crippen molar-refractivity contribution < 1.29 is 18.9 Å². The van der Waals surface area contributed by atoms with Gasteiger partial charge in [0.2, 0.25) is 0 Å². The molecular weight excluding hydrogens is 283 g/mol. The summed E-state index contributed by atoms with van der Waals surface area (Å²) >= 11 is 5.88. The highest BCUT2D eigenvalue weighted by molar-refractivity contribution is 6.62. The molecule has 0 spiro atoms. The van der Waals surface area contributed by atoms with Crippen molar-refractivity contribution in [1.29, 1.82) is 0 Å². The Morgan fingerprint density at radius 1 is 1.25 bits per heavy atom. The van der Waals surface area contributed by atoms with Crippen LogP contribution in [0.15, 0.2) is 17.3 Å². The number of hydrogen-bond donors (Lipinski definition) is 1. The molecule has 4 nitrogen and oxygen atoms in total. The van der Waals surface area contributed by atoms with E-state index < -0.39 is 24.1 Å². The lowest BCUT2D eigenvalue weighted by Crippen LogP contribution is -2.41. The summed E-state index contributed by atoms with van der Waals surface area (Å²) in [4.78, 5) is 0. The van der Waals surface area contributed by atoms with Crippen LogP contribution in [0.1, 0.15) is 33.3 Å². The van der Waals surface area contributed by atoms with E-state index in [-0.39, 0.29) is 10.5 Å². The van der Waals surface area contributed by atoms with Gasteiger partial charge in [-0.05, 0) is 39.8 Å². The van der Waals surface area contributed by atoms with Crippen LogP contribution in [0.4, 0.5) is 4.39 Å². The zero-order valence-electron chi connectivity index (χ0n) is 11.8. The predicted molar refractivity (Wildman–Crippen MR) is 76.5 cm³/mol. The SMILES string of the molecule is CC1(C)OB(c2cc(/C=N/O)c(Cl)cc2F)OC1(C)C. The molecule has 0 unspecified atom stereocenters. The topological polar surface area (TPSA) is 51.0 Å². The van der Waals surface area contributed by atoms with Gasteiger partial charge in [0.1, 0.15) is 5.82 Å². The van der Waals surface area contributed by atoms with Crippen LogP contribution in [-0.4, -0.2) is 29.7 Å². The van der Waals surface area contributed by atoms with E-state index >= 15 is 0 Å². The highest BCUT2D eigenvalue weighted by Crippen LogP contribution is 2.36. The van der Waals surface area contributed by atoms with Gasteiger partial charge in [0.05, 0.1) is 22.4 Å². The number of nitrogens with zero attached hydrogens (tertiary/aromatic N) is 1. The van der Waals surface area contributed by atoms with E-state index in [9.17, 15) is 4.39 Å². The Balaban J connectivity index is 2.42. The first kappa shape index (κ1) is 15.3. The molecule has 0 saturated carbocycles. The molecule has 0 aliphatic carbocycles. The van der Waals surface area contributed by atoms with Gasteiger partial charge in [-0.25, -0.2) is 4.39 Å². The maximum absolute atomic E-state index is 14.1. The molecule has 0 aromatic heterocycles. The molecule has 7 heteroatoms. The van der Waals surface area contributed by atoms with Crippen LogP contribution < -0.4 is 5.46 Å². The van der Waals surface area contributed by atoms with E-state index in [2.05, 4.69) is 5.16 Å². The summed E-state index contributed by atoms with van der Waals surface area (Å²) in [6.07, 6.45) is 1.14. The van der Waals surface area contributed by atoms with Gasteiger partial charge in [-0.15, -0.1) is 0 Å². The molecular formula is C13H16BClFNO3. The van der Waals surface area contributed by atoms with E-state index in [1.807, 2.05) is 27.7 Å². The molecule has 1 saturated heterocycles. The van der Waals surface area contributed by atoms with Crippen molar-refractivity contribution >= 4 is 30.4 Å². The first-order chi connectivity index (χ1) is 9.18. The molecule has 0 radical (unpaired) electrons. The molecule has 1 aliphatic rings. The minimum atomic E-state index is -0.830. The summed E-state index contributed by atoms with van der Waals surface area (Å²) in [5.74, 6) is -0.524. The van der Waals surface area contributed by atoms with Gasteiger partial charge in [-0.1, -0.05) is 16.8 Å². The Morgan fingerprint density at radius 2 is 1.80 bits per heavy atom. The third kappa shape index (κ3) is 2.55. The van der Waals surface area contributed by atoms with Crippen LogP contribution in [0.2, 0.25) is 5.02 Å². The van der Waals surface area contributed by atoms with E-state index in [0.29, 0.717) is 5.56 Å². The molecule has 108 valence electrons. The van der Waals surface area contributed by atoms with Crippen LogP contribution in [-0.2, 0) is 9.31 Å². The second kappa shape index (κ2) is 5.02. The van der Waals surface area contributed by atoms with Gasteiger partial charge < -0.3 is 14.5 Å². The molecule has 0 bridgehead atoms. The Bertz CT molecular complexity index is 547. The van der Waals surface area contributed by atoms with E-state index in [1.54, 1.807) is 0 Å². The predicted octanol–water partition coefficient (Wildman–Crippen LogP) is 2.59. The fourth-order valence-electron chi connectivity index (χ4n) is 1.90. The van der Waals surface area contributed by atoms with Gasteiger partial charge >= 0.3 is 7.12 Å². The molecule has 0 atom stereocenters. The highest BCUT2D eigenvalue weighted by Gasteiger charge is 2.52. The van der Waals surface area contributed by atoms with E-state index in [1.165, 1.54) is 6.07 Å². The lowest BCUT2D eigenvalue weighted by Gasteiger charge is -2.32. The quantitative estimate of drug-likeness (QED) is 0.395. The molecule has 1 aromatic carbocycles. The minimum Gasteiger partial charge on any atom is -0.411 e. The molecule has 0 amide bonds. The molecule has 20 heavy (non-hydrogen) atoms. The van der Waals surface area contributed by atoms with Crippen molar-refractivity contribution in [2.24, 2.45) is 5.16 Å². The molecule has 2 rings (SSSR count). The van der Waals surface area contributed by atoms with Crippen LogP contribution in [0, 0.1) is 5.82 Å². The smallest absolute Gasteiger partial charge is 0.411 e. The van der Waals surface area contributed by atoms with Gasteiger partial charge in [0.15, 0.2) is 0 Å². The summed E-state index contributed by atoms with van der Waals surface area (Å²) in [6, 6.07) is 2.61. The normalized spacial score (nSPS) is 20.8. The van der Waals surface area contributed by atoms with Crippen molar-refractivity contribution in [3.05, 3.63) is 28.5 Å². The second-order valence-electron chi connectivity index (χ2n) is 5.73. The first-order valence-corrected chi connectivity index (χ1v) is 6.58. The van der Waals surface area contributed by atoms with Crippen molar-refractivity contribution in [3.8, 4) is 0 Å². The largest absolute Gasteiger partial charge is 0.497 e. The fourth-order valence-corrected chi connectivity index (χ4v) is 2.09. The maximum Gasteiger partial charge on any atom is 0.497 e. The Hall–Kier alpha value is -1.11. The van der Waals surface area contributed by atoms with Crippen LogP contribution in [0.3, 0.4) is 0 Å². The minimum absolute atomic E-state index is 0.153. The average molecular weight is 300 g/mol. The zero-order valence-corrected chi connectivity index (χ0v) is 12.5. The van der Waals surface area contributed by atoms with Crippen LogP contribution in [0.25, 0.3) is 0 Å². The molecule has 1 fully saturated rings. The van der Waals surface area contributed by atoms with E-state index in [4.69, 9.17) is 26.1 Å². The van der Waals surface area contributed by atoms with E-state index in [0.717, 1.165) is 12.3 Å². The summed E-state index contributed by atoms with van der Waals surface area (Å²) in [6.45, 7) is 7.54. The summed E-state index contributed by atoms with van der Waals surface area (Å²) in [5, 5.41) is 11.7. The summed E-state index contributed by atoms with van der Waals surface area (Å²) < 4.78 is 25.7. The Labute approximate surface area is 122 Å². The van der Waals surface area contributed by atoms with Crippen molar-refractivity contribution in [2.75, 3.05) is 0 Å². The summed E-state index contributed by atoms with van der Waals surface area (Å²) in [5.41, 5.74) is -0.507. The average Bonchev–Trinajstić information content (AvgIpc) is 2.52. The number of hydrogen-bond acceptors (Lipinski definition) is 4. The van der Waals surface area contributed by atoms with Gasteiger partial charge in [-0.3, -0.25) is 0 Å². The van der Waals surface area contributed by atoms with Crippen molar-refractivity contribution in [1.82, 2.24) is 0 Å². The summed E-state index contributed by atoms with van der Waals surface area (Å²) in [7, 11) is -0.830. The number of benzene rings is 1. The lowest BCUT2D eigenvalue weighted by molar-refractivity contribution is 0.00578. The molecule has 1 heterocycles. The number of halogens is 2. The standard InChI is InChI=1S/C13H16BClFNO3/c1-12(2)13(3,4)20-14(19-12)9-5-8(7-17-18)10(15)6-11(9)16/h5-7,18H,1-4H3/b17-7+. The third-order valence-corrected chi connectivity index (χ3v) is 4.15. The van der Waals surface area contributed by atoms with Crippen molar-refractivity contribution in [3.63, 3.8) is 0 Å². The second-order valence-corrected chi connectivity index (χ2v) is 6.14. The maximum atomic E-state index is 14.1. The molecule has 1 aromatic rings. The van der Waals surface area contributed by atoms with Gasteiger partial charge in [0.25, 0.3) is 0 Å². The Kier molecular flexibility index (Phi) is 3.84. The van der Waals surface area contributed by atoms with Gasteiger partial charge in [0, 0.05) is 11.0 Å². The highest BCUT2D eigenvalue weighted by atomic mass is 35.5. The number of oxime groups is 1. The molecule has 1 aliphatic heterocycles. The molecule has 1 N–H and O–H groups in total. The van der Waals surface area contributed by atoms with Gasteiger partial charge in [-0.2, -0.15) is 0 Å². The number of rotatable bonds is 2. The monoisotopic (exact) mass is 299 g/mol. The van der Waals surface area contributed by atoms with Crippen LogP contribution >= 0.6 is 11.6 Å². The third-order valence-electron chi connectivity index (χ3n) is 3.82. The lowest BCUT2D eigenvalue weighted by atomic mass is 9.78. The van der Waals surface area contributed by atoms with Crippen molar-refractivity contribution in [2.45, 2.75) is 38.9 Å². The van der Waals surface area contributed by atoms with Crippen LogP contribution in [0.5, 0.6) is 0 Å². The zero-order chi connectivity index (χ0) is 15.1. The first-order valence-electron chi connectivity index (χ1n) is 6.20.